The Morgan fingerprint density at radius 1 is 1.56 bits per heavy atom. The highest BCUT2D eigenvalue weighted by molar-refractivity contribution is 6.33. The van der Waals surface area contributed by atoms with Crippen molar-refractivity contribution in [1.82, 2.24) is 5.32 Å². The molecule has 88 valence electrons. The summed E-state index contributed by atoms with van der Waals surface area (Å²) in [6.45, 7) is 4.07. The number of nitrogens with one attached hydrogen (secondary N) is 1. The summed E-state index contributed by atoms with van der Waals surface area (Å²) in [5.74, 6) is -0.107. The lowest BCUT2D eigenvalue weighted by Gasteiger charge is -2.13. The molecule has 1 atom stereocenters. The molecule has 0 saturated heterocycles. The first-order valence-electron chi connectivity index (χ1n) is 5.40. The van der Waals surface area contributed by atoms with Gasteiger partial charge in [0.1, 0.15) is 0 Å². The van der Waals surface area contributed by atoms with Crippen molar-refractivity contribution in [3.63, 3.8) is 0 Å². The van der Waals surface area contributed by atoms with E-state index in [2.05, 4.69) is 12.2 Å². The van der Waals surface area contributed by atoms with Crippen LogP contribution in [0.3, 0.4) is 0 Å². The second kappa shape index (κ2) is 5.75. The van der Waals surface area contributed by atoms with E-state index in [1.165, 1.54) is 0 Å². The third-order valence-corrected chi connectivity index (χ3v) is 2.70. The second-order valence-corrected chi connectivity index (χ2v) is 4.31. The third-order valence-electron chi connectivity index (χ3n) is 2.36. The minimum absolute atomic E-state index is 0.107. The van der Waals surface area contributed by atoms with Crippen LogP contribution in [0.25, 0.3) is 0 Å². The summed E-state index contributed by atoms with van der Waals surface area (Å²) in [6, 6.07) is 5.08. The van der Waals surface area contributed by atoms with Gasteiger partial charge in [-0.25, -0.2) is 0 Å². The standard InChI is InChI=1S/C12H17ClN2O/c1-3-4-8(2)15-12(16)9-5-6-10(13)11(14)7-9/h5-8H,3-4,14H2,1-2H3,(H,15,16). The van der Waals surface area contributed by atoms with E-state index in [-0.39, 0.29) is 11.9 Å². The number of halogens is 1. The molecule has 0 aliphatic rings. The largest absolute Gasteiger partial charge is 0.398 e. The van der Waals surface area contributed by atoms with Gasteiger partial charge in [-0.2, -0.15) is 0 Å². The Morgan fingerprint density at radius 3 is 2.81 bits per heavy atom. The number of rotatable bonds is 4. The molecule has 0 aromatic heterocycles. The fourth-order valence-electron chi connectivity index (χ4n) is 1.50. The second-order valence-electron chi connectivity index (χ2n) is 3.90. The maximum Gasteiger partial charge on any atom is 0.251 e. The van der Waals surface area contributed by atoms with Crippen molar-refractivity contribution in [2.45, 2.75) is 32.7 Å². The highest BCUT2D eigenvalue weighted by Gasteiger charge is 2.10. The molecule has 0 bridgehead atoms. The van der Waals surface area contributed by atoms with Crippen LogP contribution in [0.2, 0.25) is 5.02 Å². The Kier molecular flexibility index (Phi) is 4.62. The topological polar surface area (TPSA) is 55.1 Å². The Balaban J connectivity index is 2.69. The summed E-state index contributed by atoms with van der Waals surface area (Å²) in [4.78, 5) is 11.8. The van der Waals surface area contributed by atoms with Crippen LogP contribution >= 0.6 is 11.6 Å². The van der Waals surface area contributed by atoms with Crippen LogP contribution in [0.15, 0.2) is 18.2 Å². The third kappa shape index (κ3) is 3.42. The summed E-state index contributed by atoms with van der Waals surface area (Å²) in [5, 5.41) is 3.38. The molecule has 0 spiro atoms. The van der Waals surface area contributed by atoms with Gasteiger partial charge in [0.2, 0.25) is 0 Å². The summed E-state index contributed by atoms with van der Waals surface area (Å²) >= 11 is 5.78. The first-order chi connectivity index (χ1) is 7.54. The Hall–Kier alpha value is -1.22. The van der Waals surface area contributed by atoms with Crippen LogP contribution < -0.4 is 11.1 Å². The van der Waals surface area contributed by atoms with Gasteiger partial charge in [-0.05, 0) is 31.5 Å². The number of hydrogen-bond acceptors (Lipinski definition) is 2. The maximum absolute atomic E-state index is 11.8. The van der Waals surface area contributed by atoms with Crippen molar-refractivity contribution in [3.8, 4) is 0 Å². The van der Waals surface area contributed by atoms with E-state index in [0.29, 0.717) is 16.3 Å². The number of nitrogen functional groups attached to an aromatic ring is 1. The molecule has 0 radical (unpaired) electrons. The van der Waals surface area contributed by atoms with Gasteiger partial charge in [-0.1, -0.05) is 24.9 Å². The highest BCUT2D eigenvalue weighted by Crippen LogP contribution is 2.19. The molecule has 0 aliphatic heterocycles. The first-order valence-corrected chi connectivity index (χ1v) is 5.78. The van der Waals surface area contributed by atoms with Gasteiger partial charge < -0.3 is 11.1 Å². The predicted octanol–water partition coefficient (Wildman–Crippen LogP) is 2.84. The fraction of sp³-hybridized carbons (Fsp3) is 0.417. The number of carbonyl (C=O) groups excluding carboxylic acids is 1. The van der Waals surface area contributed by atoms with Crippen molar-refractivity contribution in [3.05, 3.63) is 28.8 Å². The molecule has 1 unspecified atom stereocenters. The van der Waals surface area contributed by atoms with E-state index in [0.717, 1.165) is 12.8 Å². The first kappa shape index (κ1) is 12.8. The van der Waals surface area contributed by atoms with E-state index < -0.39 is 0 Å². The molecule has 3 N–H and O–H groups in total. The number of nitrogens with two attached hydrogens (primary N) is 1. The summed E-state index contributed by atoms with van der Waals surface area (Å²) in [5.41, 5.74) is 6.61. The van der Waals surface area contributed by atoms with Gasteiger partial charge in [0.05, 0.1) is 10.7 Å². The molecule has 3 nitrogen and oxygen atoms in total. The summed E-state index contributed by atoms with van der Waals surface area (Å²) < 4.78 is 0. The van der Waals surface area contributed by atoms with Crippen molar-refractivity contribution >= 4 is 23.2 Å². The van der Waals surface area contributed by atoms with Crippen molar-refractivity contribution < 1.29 is 4.79 Å². The smallest absolute Gasteiger partial charge is 0.251 e. The molecular formula is C12H17ClN2O. The summed E-state index contributed by atoms with van der Waals surface area (Å²) in [7, 11) is 0. The van der Waals surface area contributed by atoms with Crippen LogP contribution in [0.1, 0.15) is 37.0 Å². The average molecular weight is 241 g/mol. The molecular weight excluding hydrogens is 224 g/mol. The SMILES string of the molecule is CCCC(C)NC(=O)c1ccc(Cl)c(N)c1. The van der Waals surface area contributed by atoms with Crippen molar-refractivity contribution in [2.75, 3.05) is 5.73 Å². The number of amides is 1. The lowest BCUT2D eigenvalue weighted by molar-refractivity contribution is 0.0938. The molecule has 1 rings (SSSR count). The van der Waals surface area contributed by atoms with Crippen LogP contribution in [0.5, 0.6) is 0 Å². The minimum atomic E-state index is -0.107. The molecule has 0 aliphatic carbocycles. The van der Waals surface area contributed by atoms with Crippen molar-refractivity contribution in [2.24, 2.45) is 0 Å². The van der Waals surface area contributed by atoms with Gasteiger partial charge in [0.25, 0.3) is 5.91 Å². The maximum atomic E-state index is 11.8. The molecule has 16 heavy (non-hydrogen) atoms. The fourth-order valence-corrected chi connectivity index (χ4v) is 1.61. The van der Waals surface area contributed by atoms with Gasteiger partial charge in [0, 0.05) is 11.6 Å². The Morgan fingerprint density at radius 2 is 2.25 bits per heavy atom. The Labute approximate surface area is 101 Å². The van der Waals surface area contributed by atoms with Gasteiger partial charge >= 0.3 is 0 Å². The van der Waals surface area contributed by atoms with E-state index in [1.807, 2.05) is 6.92 Å². The predicted molar refractivity (Wildman–Crippen MR) is 67.7 cm³/mol. The minimum Gasteiger partial charge on any atom is -0.398 e. The molecule has 1 amide bonds. The van der Waals surface area contributed by atoms with Gasteiger partial charge in [-0.3, -0.25) is 4.79 Å². The van der Waals surface area contributed by atoms with E-state index in [9.17, 15) is 4.79 Å². The molecule has 4 heteroatoms. The molecule has 1 aromatic rings. The van der Waals surface area contributed by atoms with Gasteiger partial charge in [-0.15, -0.1) is 0 Å². The lowest BCUT2D eigenvalue weighted by atomic mass is 10.1. The Bertz CT molecular complexity index is 379. The van der Waals surface area contributed by atoms with Crippen molar-refractivity contribution in [1.29, 1.82) is 0 Å². The number of hydrogen-bond donors (Lipinski definition) is 2. The molecule has 0 fully saturated rings. The van der Waals surface area contributed by atoms with Crippen LogP contribution in [-0.2, 0) is 0 Å². The molecule has 0 saturated carbocycles. The molecule has 0 heterocycles. The van der Waals surface area contributed by atoms with Gasteiger partial charge in [0.15, 0.2) is 0 Å². The van der Waals surface area contributed by atoms with E-state index >= 15 is 0 Å². The average Bonchev–Trinajstić information content (AvgIpc) is 2.22. The molecule has 1 aromatic carbocycles. The zero-order valence-corrected chi connectivity index (χ0v) is 10.3. The van der Waals surface area contributed by atoms with Crippen LogP contribution in [-0.4, -0.2) is 11.9 Å². The zero-order chi connectivity index (χ0) is 12.1. The van der Waals surface area contributed by atoms with Crippen LogP contribution in [0, 0.1) is 0 Å². The monoisotopic (exact) mass is 240 g/mol. The number of benzene rings is 1. The summed E-state index contributed by atoms with van der Waals surface area (Å²) in [6.07, 6.45) is 2.01. The lowest BCUT2D eigenvalue weighted by Crippen LogP contribution is -2.32. The zero-order valence-electron chi connectivity index (χ0n) is 9.59. The highest BCUT2D eigenvalue weighted by atomic mass is 35.5. The number of anilines is 1. The normalized spacial score (nSPS) is 12.2. The quantitative estimate of drug-likeness (QED) is 0.796. The van der Waals surface area contributed by atoms with Crippen LogP contribution in [0.4, 0.5) is 5.69 Å². The van der Waals surface area contributed by atoms with E-state index in [1.54, 1.807) is 18.2 Å². The van der Waals surface area contributed by atoms with E-state index in [4.69, 9.17) is 17.3 Å². The number of carbonyl (C=O) groups is 1.